The van der Waals surface area contributed by atoms with E-state index in [0.717, 1.165) is 32.5 Å². The van der Waals surface area contributed by atoms with Crippen molar-refractivity contribution in [2.24, 2.45) is 0 Å². The number of fused-ring (bicyclic) bond motifs is 3. The maximum atomic E-state index is 13.3. The quantitative estimate of drug-likeness (QED) is 0.369. The average molecular weight is 527 g/mol. The second-order valence-electron chi connectivity index (χ2n) is 8.09. The summed E-state index contributed by atoms with van der Waals surface area (Å²) in [5.74, 6) is 2.13. The fourth-order valence-electron chi connectivity index (χ4n) is 4.18. The molecule has 0 spiro atoms. The highest BCUT2D eigenvalue weighted by Gasteiger charge is 2.35. The van der Waals surface area contributed by atoms with E-state index < -0.39 is 0 Å². The number of hydrogen-bond acceptors (Lipinski definition) is 5. The summed E-state index contributed by atoms with van der Waals surface area (Å²) in [6, 6.07) is 15.3. The molecule has 0 radical (unpaired) electrons. The Labute approximate surface area is 205 Å². The average Bonchev–Trinajstić information content (AvgIpc) is 3.13. The van der Waals surface area contributed by atoms with Crippen LogP contribution < -0.4 is 14.2 Å². The normalized spacial score (nSPS) is 16.2. The molecule has 0 saturated heterocycles. The molecule has 0 aromatic heterocycles. The summed E-state index contributed by atoms with van der Waals surface area (Å²) in [5.41, 5.74) is 4.20. The minimum absolute atomic E-state index is 0.137. The van der Waals surface area contributed by atoms with Crippen molar-refractivity contribution < 1.29 is 19.0 Å². The smallest absolute Gasteiger partial charge is 0.232 e. The van der Waals surface area contributed by atoms with E-state index in [2.05, 4.69) is 20.8 Å². The molecule has 5 rings (SSSR count). The van der Waals surface area contributed by atoms with Crippen LogP contribution in [-0.2, 0) is 13.1 Å². The Bertz CT molecular complexity index is 1290. The second kappa shape index (κ2) is 8.86. The SMILES string of the molecule is COc1ccc(Br)cc1/C=C1\Oc2c3c(cc(C)c2C1=O)OCN(Cc1ccc(Cl)cc1)C3. The molecule has 3 aromatic rings. The Balaban J connectivity index is 1.47. The van der Waals surface area contributed by atoms with E-state index in [-0.39, 0.29) is 11.5 Å². The zero-order valence-electron chi connectivity index (χ0n) is 18.2. The third-order valence-electron chi connectivity index (χ3n) is 5.79. The molecule has 0 amide bonds. The van der Waals surface area contributed by atoms with Crippen molar-refractivity contribution in [3.63, 3.8) is 0 Å². The Morgan fingerprint density at radius 1 is 1.18 bits per heavy atom. The Hall–Kier alpha value is -2.80. The molecule has 33 heavy (non-hydrogen) atoms. The Kier molecular flexibility index (Phi) is 5.91. The zero-order valence-corrected chi connectivity index (χ0v) is 20.5. The molecule has 0 unspecified atom stereocenters. The molecule has 2 heterocycles. The van der Waals surface area contributed by atoms with Crippen molar-refractivity contribution in [3.8, 4) is 17.2 Å². The van der Waals surface area contributed by atoms with Crippen molar-refractivity contribution in [3.05, 3.63) is 91.6 Å². The maximum Gasteiger partial charge on any atom is 0.232 e. The number of hydrogen-bond donors (Lipinski definition) is 0. The first kappa shape index (κ1) is 22.0. The fourth-order valence-corrected chi connectivity index (χ4v) is 4.69. The van der Waals surface area contributed by atoms with Gasteiger partial charge in [0.05, 0.1) is 18.2 Å². The van der Waals surface area contributed by atoms with Crippen LogP contribution in [0, 0.1) is 6.92 Å². The number of nitrogens with zero attached hydrogens (tertiary/aromatic N) is 1. The maximum absolute atomic E-state index is 13.3. The van der Waals surface area contributed by atoms with Gasteiger partial charge in [0.1, 0.15) is 24.0 Å². The number of halogens is 2. The van der Waals surface area contributed by atoms with Gasteiger partial charge in [-0.25, -0.2) is 0 Å². The topological polar surface area (TPSA) is 48.0 Å². The lowest BCUT2D eigenvalue weighted by Gasteiger charge is -2.30. The van der Waals surface area contributed by atoms with E-state index >= 15 is 0 Å². The third kappa shape index (κ3) is 4.26. The highest BCUT2D eigenvalue weighted by Crippen LogP contribution is 2.44. The van der Waals surface area contributed by atoms with Crippen LogP contribution in [0.5, 0.6) is 17.2 Å². The number of allylic oxidation sites excluding steroid dienone is 1. The molecule has 7 heteroatoms. The van der Waals surface area contributed by atoms with E-state index in [9.17, 15) is 4.79 Å². The molecule has 0 saturated carbocycles. The van der Waals surface area contributed by atoms with E-state index in [1.165, 1.54) is 0 Å². The van der Waals surface area contributed by atoms with Crippen LogP contribution >= 0.6 is 27.5 Å². The molecular formula is C26H21BrClNO4. The van der Waals surface area contributed by atoms with Gasteiger partial charge < -0.3 is 14.2 Å². The minimum atomic E-state index is -0.137. The summed E-state index contributed by atoms with van der Waals surface area (Å²) in [6.45, 7) is 3.68. The summed E-state index contributed by atoms with van der Waals surface area (Å²) in [5, 5.41) is 0.709. The van der Waals surface area contributed by atoms with E-state index in [1.54, 1.807) is 13.2 Å². The summed E-state index contributed by atoms with van der Waals surface area (Å²) < 4.78 is 18.5. The lowest BCUT2D eigenvalue weighted by Crippen LogP contribution is -2.31. The molecule has 3 aromatic carbocycles. The number of methoxy groups -OCH3 is 1. The Morgan fingerprint density at radius 3 is 2.73 bits per heavy atom. The molecule has 0 atom stereocenters. The first-order valence-electron chi connectivity index (χ1n) is 10.5. The standard InChI is InChI=1S/C26H21BrClNO4/c1-15-9-22-20(13-29(14-32-22)12-16-3-6-19(28)7-4-16)26-24(15)25(30)23(33-26)11-17-10-18(27)5-8-21(17)31-2/h3-11H,12-14H2,1-2H3/b23-11-. The number of benzene rings is 3. The largest absolute Gasteiger partial charge is 0.496 e. The molecular weight excluding hydrogens is 506 g/mol. The number of carbonyl (C=O) groups is 1. The van der Waals surface area contributed by atoms with Gasteiger partial charge >= 0.3 is 0 Å². The van der Waals surface area contributed by atoms with Gasteiger partial charge in [0.2, 0.25) is 5.78 Å². The van der Waals surface area contributed by atoms with Gasteiger partial charge in [0.25, 0.3) is 0 Å². The van der Waals surface area contributed by atoms with Crippen molar-refractivity contribution in [2.45, 2.75) is 20.0 Å². The van der Waals surface area contributed by atoms with Crippen LogP contribution in [-0.4, -0.2) is 24.5 Å². The zero-order chi connectivity index (χ0) is 23.1. The minimum Gasteiger partial charge on any atom is -0.496 e. The molecule has 2 aliphatic heterocycles. The summed E-state index contributed by atoms with van der Waals surface area (Å²) in [7, 11) is 1.60. The highest BCUT2D eigenvalue weighted by molar-refractivity contribution is 9.10. The molecule has 0 aliphatic carbocycles. The second-order valence-corrected chi connectivity index (χ2v) is 9.44. The number of ether oxygens (including phenoxy) is 3. The van der Waals surface area contributed by atoms with Crippen LogP contribution in [0.1, 0.15) is 32.6 Å². The monoisotopic (exact) mass is 525 g/mol. The van der Waals surface area contributed by atoms with Crippen molar-refractivity contribution in [1.29, 1.82) is 0 Å². The summed E-state index contributed by atoms with van der Waals surface area (Å²) in [4.78, 5) is 15.4. The van der Waals surface area contributed by atoms with Crippen LogP contribution in [0.3, 0.4) is 0 Å². The van der Waals surface area contributed by atoms with Crippen molar-refractivity contribution in [1.82, 2.24) is 4.90 Å². The van der Waals surface area contributed by atoms with Gasteiger partial charge in [0.15, 0.2) is 5.76 Å². The van der Waals surface area contributed by atoms with Crippen molar-refractivity contribution in [2.75, 3.05) is 13.8 Å². The van der Waals surface area contributed by atoms with Gasteiger partial charge in [-0.2, -0.15) is 0 Å². The molecule has 168 valence electrons. The first-order chi connectivity index (χ1) is 15.9. The van der Waals surface area contributed by atoms with Crippen molar-refractivity contribution >= 4 is 39.4 Å². The van der Waals surface area contributed by atoms with Crippen LogP contribution in [0.25, 0.3) is 6.08 Å². The Morgan fingerprint density at radius 2 is 1.97 bits per heavy atom. The number of ketones is 1. The molecule has 0 N–H and O–H groups in total. The highest BCUT2D eigenvalue weighted by atomic mass is 79.9. The summed E-state index contributed by atoms with van der Waals surface area (Å²) in [6.07, 6.45) is 1.73. The molecule has 2 aliphatic rings. The predicted octanol–water partition coefficient (Wildman–Crippen LogP) is 6.39. The lowest BCUT2D eigenvalue weighted by molar-refractivity contribution is 0.0872. The van der Waals surface area contributed by atoms with Gasteiger partial charge in [-0.3, -0.25) is 9.69 Å². The van der Waals surface area contributed by atoms with E-state index in [1.807, 2.05) is 55.5 Å². The third-order valence-corrected chi connectivity index (χ3v) is 6.53. The van der Waals surface area contributed by atoms with Gasteiger partial charge in [-0.05, 0) is 60.5 Å². The van der Waals surface area contributed by atoms with Crippen LogP contribution in [0.4, 0.5) is 0 Å². The van der Waals surface area contributed by atoms with Crippen LogP contribution in [0.2, 0.25) is 5.02 Å². The van der Waals surface area contributed by atoms with Crippen LogP contribution in [0.15, 0.2) is 58.8 Å². The molecule has 0 fully saturated rings. The van der Waals surface area contributed by atoms with Gasteiger partial charge in [-0.1, -0.05) is 39.7 Å². The number of rotatable bonds is 4. The number of Topliss-reactive ketones (excluding diaryl/α,β-unsaturated/α-hetero) is 1. The van der Waals surface area contributed by atoms with Gasteiger partial charge in [0, 0.05) is 28.1 Å². The van der Waals surface area contributed by atoms with E-state index in [4.69, 9.17) is 25.8 Å². The molecule has 0 bridgehead atoms. The lowest BCUT2D eigenvalue weighted by atomic mass is 9.98. The first-order valence-corrected chi connectivity index (χ1v) is 11.6. The van der Waals surface area contributed by atoms with E-state index in [0.29, 0.717) is 41.9 Å². The molecule has 5 nitrogen and oxygen atoms in total. The number of carbonyl (C=O) groups excluding carboxylic acids is 1. The fraction of sp³-hybridized carbons (Fsp3) is 0.192. The van der Waals surface area contributed by atoms with Gasteiger partial charge in [-0.15, -0.1) is 0 Å². The predicted molar refractivity (Wildman–Crippen MR) is 131 cm³/mol. The summed E-state index contributed by atoms with van der Waals surface area (Å²) >= 11 is 9.49. The number of aryl methyl sites for hydroxylation is 1.